The predicted octanol–water partition coefficient (Wildman–Crippen LogP) is 3.00. The summed E-state index contributed by atoms with van der Waals surface area (Å²) in [6.07, 6.45) is 7.42. The predicted molar refractivity (Wildman–Crippen MR) is 79.4 cm³/mol. The highest BCUT2D eigenvalue weighted by atomic mass is 32.1. The standard InChI is InChI=1S/C15H21NO3S/c17-14(18)8-4-5-9-16-15(19)13-10-11-6-2-1-3-7-12(11)20-13/h10H,1-9H2,(H,16,19)(H,17,18). The van der Waals surface area contributed by atoms with Gasteiger partial charge >= 0.3 is 5.97 Å². The Kier molecular flexibility index (Phi) is 5.59. The van der Waals surface area contributed by atoms with E-state index >= 15 is 0 Å². The van der Waals surface area contributed by atoms with Gasteiger partial charge in [0.15, 0.2) is 0 Å². The number of hydrogen-bond acceptors (Lipinski definition) is 3. The van der Waals surface area contributed by atoms with Gasteiger partial charge < -0.3 is 10.4 Å². The third kappa shape index (κ3) is 4.34. The summed E-state index contributed by atoms with van der Waals surface area (Å²) in [4.78, 5) is 24.6. The van der Waals surface area contributed by atoms with Crippen LogP contribution in [0.15, 0.2) is 6.07 Å². The van der Waals surface area contributed by atoms with Crippen molar-refractivity contribution in [2.75, 3.05) is 6.54 Å². The zero-order valence-corrected chi connectivity index (χ0v) is 12.4. The largest absolute Gasteiger partial charge is 0.481 e. The number of aryl methyl sites for hydroxylation is 2. The third-order valence-electron chi connectivity index (χ3n) is 3.57. The molecule has 1 aliphatic rings. The molecular formula is C15H21NO3S. The minimum absolute atomic E-state index is 0.0154. The summed E-state index contributed by atoms with van der Waals surface area (Å²) in [5.74, 6) is -0.795. The average Bonchev–Trinajstić information content (AvgIpc) is 2.69. The fourth-order valence-corrected chi connectivity index (χ4v) is 3.64. The Labute approximate surface area is 123 Å². The molecule has 0 unspecified atom stereocenters. The lowest BCUT2D eigenvalue weighted by atomic mass is 10.1. The van der Waals surface area contributed by atoms with E-state index in [1.54, 1.807) is 11.3 Å². The molecule has 0 spiro atoms. The van der Waals surface area contributed by atoms with Gasteiger partial charge in [-0.25, -0.2) is 0 Å². The molecule has 4 nitrogen and oxygen atoms in total. The number of fused-ring (bicyclic) bond motifs is 1. The van der Waals surface area contributed by atoms with E-state index < -0.39 is 5.97 Å². The molecule has 1 aliphatic carbocycles. The van der Waals surface area contributed by atoms with Gasteiger partial charge in [-0.2, -0.15) is 0 Å². The topological polar surface area (TPSA) is 66.4 Å². The first kappa shape index (κ1) is 15.0. The van der Waals surface area contributed by atoms with E-state index in [1.165, 1.54) is 29.7 Å². The van der Waals surface area contributed by atoms with Crippen molar-refractivity contribution >= 4 is 23.2 Å². The van der Waals surface area contributed by atoms with Crippen molar-refractivity contribution in [2.24, 2.45) is 0 Å². The molecule has 1 heterocycles. The van der Waals surface area contributed by atoms with E-state index in [9.17, 15) is 9.59 Å². The molecule has 0 saturated carbocycles. The number of hydrogen-bond donors (Lipinski definition) is 2. The highest BCUT2D eigenvalue weighted by Crippen LogP contribution is 2.28. The first-order chi connectivity index (χ1) is 9.66. The van der Waals surface area contributed by atoms with Crippen molar-refractivity contribution in [3.63, 3.8) is 0 Å². The lowest BCUT2D eigenvalue weighted by Gasteiger charge is -2.02. The van der Waals surface area contributed by atoms with Crippen molar-refractivity contribution in [1.29, 1.82) is 0 Å². The minimum Gasteiger partial charge on any atom is -0.481 e. The van der Waals surface area contributed by atoms with Crippen molar-refractivity contribution in [2.45, 2.75) is 51.4 Å². The van der Waals surface area contributed by atoms with Crippen LogP contribution < -0.4 is 5.32 Å². The Hall–Kier alpha value is -1.36. The quantitative estimate of drug-likeness (QED) is 0.626. The van der Waals surface area contributed by atoms with Gasteiger partial charge in [0.1, 0.15) is 0 Å². The lowest BCUT2D eigenvalue weighted by molar-refractivity contribution is -0.137. The molecule has 1 aromatic rings. The zero-order valence-electron chi connectivity index (χ0n) is 11.6. The highest BCUT2D eigenvalue weighted by molar-refractivity contribution is 7.14. The average molecular weight is 295 g/mol. The van der Waals surface area contributed by atoms with E-state index in [0.717, 1.165) is 17.7 Å². The number of carboxylic acid groups (broad SMARTS) is 1. The van der Waals surface area contributed by atoms with Crippen LogP contribution in [0.1, 0.15) is 58.6 Å². The number of aliphatic carboxylic acids is 1. The maximum Gasteiger partial charge on any atom is 0.303 e. The lowest BCUT2D eigenvalue weighted by Crippen LogP contribution is -2.23. The van der Waals surface area contributed by atoms with Crippen LogP contribution in [0.3, 0.4) is 0 Å². The number of unbranched alkanes of at least 4 members (excludes halogenated alkanes) is 1. The fourth-order valence-electron chi connectivity index (χ4n) is 2.47. The zero-order chi connectivity index (χ0) is 14.4. The molecule has 0 aliphatic heterocycles. The second-order valence-corrected chi connectivity index (χ2v) is 6.36. The number of carboxylic acids is 1. The molecule has 1 amide bonds. The van der Waals surface area contributed by atoms with Crippen molar-refractivity contribution in [3.05, 3.63) is 21.4 Å². The molecule has 1 aromatic heterocycles. The Bertz CT molecular complexity index is 458. The Morgan fingerprint density at radius 1 is 1.20 bits per heavy atom. The van der Waals surface area contributed by atoms with Gasteiger partial charge in [-0.05, 0) is 50.2 Å². The maximum absolute atomic E-state index is 12.0. The van der Waals surface area contributed by atoms with Gasteiger partial charge in [-0.3, -0.25) is 9.59 Å². The summed E-state index contributed by atoms with van der Waals surface area (Å²) in [5.41, 5.74) is 1.35. The number of thiophene rings is 1. The van der Waals surface area contributed by atoms with Gasteiger partial charge in [0.05, 0.1) is 4.88 Å². The Balaban J connectivity index is 1.79. The monoisotopic (exact) mass is 295 g/mol. The van der Waals surface area contributed by atoms with Gasteiger partial charge in [-0.1, -0.05) is 6.42 Å². The number of rotatable bonds is 6. The Morgan fingerprint density at radius 2 is 2.00 bits per heavy atom. The second-order valence-electron chi connectivity index (χ2n) is 5.23. The first-order valence-corrected chi connectivity index (χ1v) is 8.10. The fraction of sp³-hybridized carbons (Fsp3) is 0.600. The van der Waals surface area contributed by atoms with E-state index in [0.29, 0.717) is 19.4 Å². The van der Waals surface area contributed by atoms with Crippen LogP contribution in [0.4, 0.5) is 0 Å². The molecule has 0 radical (unpaired) electrons. The molecule has 20 heavy (non-hydrogen) atoms. The van der Waals surface area contributed by atoms with E-state index in [1.807, 2.05) is 6.07 Å². The van der Waals surface area contributed by atoms with Crippen LogP contribution in [-0.4, -0.2) is 23.5 Å². The first-order valence-electron chi connectivity index (χ1n) is 7.28. The summed E-state index contributed by atoms with van der Waals surface area (Å²) in [7, 11) is 0. The molecule has 0 saturated heterocycles. The molecule has 2 rings (SSSR count). The van der Waals surface area contributed by atoms with Crippen molar-refractivity contribution in [3.8, 4) is 0 Å². The molecule has 0 atom stereocenters. The van der Waals surface area contributed by atoms with E-state index in [4.69, 9.17) is 5.11 Å². The minimum atomic E-state index is -0.779. The van der Waals surface area contributed by atoms with Gasteiger partial charge in [0, 0.05) is 17.8 Å². The molecule has 110 valence electrons. The van der Waals surface area contributed by atoms with Crippen LogP contribution in [0.25, 0.3) is 0 Å². The van der Waals surface area contributed by atoms with E-state index in [2.05, 4.69) is 5.32 Å². The molecule has 0 fully saturated rings. The van der Waals surface area contributed by atoms with Crippen molar-refractivity contribution < 1.29 is 14.7 Å². The molecule has 0 bridgehead atoms. The maximum atomic E-state index is 12.0. The SMILES string of the molecule is O=C(O)CCCCNC(=O)c1cc2c(s1)CCCCC2. The van der Waals surface area contributed by atoms with Gasteiger partial charge in [-0.15, -0.1) is 11.3 Å². The molecular weight excluding hydrogens is 274 g/mol. The van der Waals surface area contributed by atoms with Gasteiger partial charge in [0.2, 0.25) is 0 Å². The number of carbonyl (C=O) groups is 2. The summed E-state index contributed by atoms with van der Waals surface area (Å²) < 4.78 is 0. The van der Waals surface area contributed by atoms with Crippen LogP contribution in [-0.2, 0) is 17.6 Å². The van der Waals surface area contributed by atoms with E-state index in [-0.39, 0.29) is 12.3 Å². The summed E-state index contributed by atoms with van der Waals surface area (Å²) in [6.45, 7) is 0.550. The number of carbonyl (C=O) groups excluding carboxylic acids is 1. The summed E-state index contributed by atoms with van der Waals surface area (Å²) in [5, 5.41) is 11.4. The van der Waals surface area contributed by atoms with Crippen LogP contribution in [0, 0.1) is 0 Å². The smallest absolute Gasteiger partial charge is 0.303 e. The Morgan fingerprint density at radius 3 is 2.80 bits per heavy atom. The van der Waals surface area contributed by atoms with Crippen LogP contribution in [0.2, 0.25) is 0 Å². The summed E-state index contributed by atoms with van der Waals surface area (Å²) in [6, 6.07) is 2.04. The number of nitrogens with one attached hydrogen (secondary N) is 1. The molecule has 0 aromatic carbocycles. The second kappa shape index (κ2) is 7.43. The van der Waals surface area contributed by atoms with Crippen LogP contribution in [0.5, 0.6) is 0 Å². The van der Waals surface area contributed by atoms with Crippen molar-refractivity contribution in [1.82, 2.24) is 5.32 Å². The molecule has 2 N–H and O–H groups in total. The molecule has 5 heteroatoms. The van der Waals surface area contributed by atoms with Gasteiger partial charge in [0.25, 0.3) is 5.91 Å². The van der Waals surface area contributed by atoms with Crippen LogP contribution >= 0.6 is 11.3 Å². The number of amides is 1. The third-order valence-corrected chi connectivity index (χ3v) is 4.81. The normalized spacial score (nSPS) is 14.4. The summed E-state index contributed by atoms with van der Waals surface area (Å²) >= 11 is 1.62. The highest BCUT2D eigenvalue weighted by Gasteiger charge is 2.16.